The second-order valence-electron chi connectivity index (χ2n) is 3.88. The van der Waals surface area contributed by atoms with Gasteiger partial charge in [0.2, 0.25) is 5.91 Å². The number of aliphatic hydroxyl groups is 1. The molecule has 0 radical (unpaired) electrons. The first kappa shape index (κ1) is 12.0. The van der Waals surface area contributed by atoms with Gasteiger partial charge in [-0.2, -0.15) is 0 Å². The number of hydrogen-bond acceptors (Lipinski definition) is 5. The van der Waals surface area contributed by atoms with Crippen molar-refractivity contribution in [2.45, 2.75) is 25.4 Å². The number of carbonyl (C=O) groups excluding carboxylic acids is 1. The molecule has 92 valence electrons. The lowest BCUT2D eigenvalue weighted by Crippen LogP contribution is -2.25. The third kappa shape index (κ3) is 2.80. The van der Waals surface area contributed by atoms with Gasteiger partial charge >= 0.3 is 5.97 Å². The molecule has 1 unspecified atom stereocenters. The average Bonchev–Trinajstić information content (AvgIpc) is 2.82. The van der Waals surface area contributed by atoms with E-state index in [1.807, 2.05) is 0 Å². The predicted octanol–water partition coefficient (Wildman–Crippen LogP) is 0.258. The summed E-state index contributed by atoms with van der Waals surface area (Å²) in [5.74, 6) is -1.01. The Bertz CT molecular complexity index is 445. The largest absolute Gasteiger partial charge is 0.481 e. The van der Waals surface area contributed by atoms with Gasteiger partial charge in [-0.05, 0) is 0 Å². The van der Waals surface area contributed by atoms with Crippen LogP contribution in [0.3, 0.4) is 0 Å². The normalized spacial score (nSPS) is 19.9. The van der Waals surface area contributed by atoms with Crippen LogP contribution in [0.2, 0.25) is 0 Å². The number of nitrogens with zero attached hydrogens (tertiary/aromatic N) is 2. The third-order valence-corrected chi connectivity index (χ3v) is 3.38. The number of carboxylic acids is 1. The first-order chi connectivity index (χ1) is 8.06. The number of anilines is 1. The second-order valence-corrected chi connectivity index (χ2v) is 4.71. The van der Waals surface area contributed by atoms with Crippen molar-refractivity contribution in [1.29, 1.82) is 0 Å². The molecule has 17 heavy (non-hydrogen) atoms. The van der Waals surface area contributed by atoms with E-state index in [1.165, 1.54) is 16.2 Å². The molecule has 2 heterocycles. The topological polar surface area (TPSA) is 90.7 Å². The van der Waals surface area contributed by atoms with Gasteiger partial charge in [0.1, 0.15) is 0 Å². The number of β-amino-alcohol motifs (C(OH)–C–C–N with tert-alkyl or cyclic N) is 1. The molecule has 2 rings (SSSR count). The van der Waals surface area contributed by atoms with Gasteiger partial charge in [0, 0.05) is 11.8 Å². The molecule has 1 aromatic heterocycles. The number of hydrogen-bond donors (Lipinski definition) is 2. The van der Waals surface area contributed by atoms with Gasteiger partial charge in [-0.3, -0.25) is 14.5 Å². The van der Waals surface area contributed by atoms with Crippen molar-refractivity contribution in [2.24, 2.45) is 0 Å². The summed E-state index contributed by atoms with van der Waals surface area (Å²) >= 11 is 1.29. The maximum Gasteiger partial charge on any atom is 0.303 e. The molecule has 1 aliphatic rings. The number of aryl methyl sites for hydroxylation is 1. The summed E-state index contributed by atoms with van der Waals surface area (Å²) in [6, 6.07) is 0. The molecule has 1 atom stereocenters. The number of aromatic nitrogens is 1. The van der Waals surface area contributed by atoms with E-state index in [4.69, 9.17) is 5.11 Å². The molecule has 0 aliphatic carbocycles. The van der Waals surface area contributed by atoms with E-state index in [9.17, 15) is 14.7 Å². The first-order valence-electron chi connectivity index (χ1n) is 5.21. The van der Waals surface area contributed by atoms with Crippen LogP contribution in [0.15, 0.2) is 5.38 Å². The summed E-state index contributed by atoms with van der Waals surface area (Å²) in [5, 5.41) is 20.2. The van der Waals surface area contributed by atoms with Gasteiger partial charge < -0.3 is 10.2 Å². The Morgan fingerprint density at radius 1 is 1.65 bits per heavy atom. The Morgan fingerprint density at radius 2 is 2.41 bits per heavy atom. The zero-order valence-corrected chi connectivity index (χ0v) is 9.81. The minimum absolute atomic E-state index is 0.0275. The van der Waals surface area contributed by atoms with E-state index in [2.05, 4.69) is 4.98 Å². The standard InChI is InChI=1S/C10H12N2O4S/c13-7-3-8(14)12(4-7)10-11-6(5-17-10)1-2-9(15)16/h5,7,13H,1-4H2,(H,15,16). The molecule has 0 spiro atoms. The molecule has 0 aromatic carbocycles. The van der Waals surface area contributed by atoms with E-state index in [1.54, 1.807) is 5.38 Å². The number of carboxylic acid groups (broad SMARTS) is 1. The maximum atomic E-state index is 11.5. The molecular formula is C10H12N2O4S. The highest BCUT2D eigenvalue weighted by Crippen LogP contribution is 2.25. The lowest BCUT2D eigenvalue weighted by atomic mass is 10.2. The van der Waals surface area contributed by atoms with Gasteiger partial charge in [-0.1, -0.05) is 0 Å². The van der Waals surface area contributed by atoms with Crippen LogP contribution in [0.1, 0.15) is 18.5 Å². The molecule has 6 nitrogen and oxygen atoms in total. The van der Waals surface area contributed by atoms with Crippen molar-refractivity contribution < 1.29 is 19.8 Å². The van der Waals surface area contributed by atoms with E-state index in [-0.39, 0.29) is 25.3 Å². The molecule has 7 heteroatoms. The summed E-state index contributed by atoms with van der Waals surface area (Å²) in [7, 11) is 0. The fourth-order valence-corrected chi connectivity index (χ4v) is 2.53. The van der Waals surface area contributed by atoms with Gasteiger partial charge in [-0.15, -0.1) is 11.3 Å². The number of aliphatic carboxylic acids is 1. The molecule has 0 bridgehead atoms. The third-order valence-electron chi connectivity index (χ3n) is 2.47. The zero-order chi connectivity index (χ0) is 12.4. The van der Waals surface area contributed by atoms with Crippen molar-refractivity contribution in [3.8, 4) is 0 Å². The van der Waals surface area contributed by atoms with E-state index in [0.29, 0.717) is 17.2 Å². The van der Waals surface area contributed by atoms with Crippen LogP contribution in [0, 0.1) is 0 Å². The smallest absolute Gasteiger partial charge is 0.303 e. The van der Waals surface area contributed by atoms with Crippen LogP contribution in [-0.2, 0) is 16.0 Å². The van der Waals surface area contributed by atoms with Crippen molar-refractivity contribution in [2.75, 3.05) is 11.4 Å². The summed E-state index contributed by atoms with van der Waals surface area (Å²) in [4.78, 5) is 27.5. The van der Waals surface area contributed by atoms with Crippen LogP contribution >= 0.6 is 11.3 Å². The van der Waals surface area contributed by atoms with Crippen LogP contribution in [0.5, 0.6) is 0 Å². The van der Waals surface area contributed by atoms with Crippen molar-refractivity contribution in [1.82, 2.24) is 4.98 Å². The minimum atomic E-state index is -0.868. The summed E-state index contributed by atoms with van der Waals surface area (Å²) in [6.45, 7) is 0.269. The van der Waals surface area contributed by atoms with Crippen LogP contribution in [0.25, 0.3) is 0 Å². The fourth-order valence-electron chi connectivity index (χ4n) is 1.64. The zero-order valence-electron chi connectivity index (χ0n) is 9.00. The van der Waals surface area contributed by atoms with Crippen molar-refractivity contribution in [3.63, 3.8) is 0 Å². The van der Waals surface area contributed by atoms with E-state index in [0.717, 1.165) is 0 Å². The van der Waals surface area contributed by atoms with Gasteiger partial charge in [-0.25, -0.2) is 4.98 Å². The second kappa shape index (κ2) is 4.80. The lowest BCUT2D eigenvalue weighted by Gasteiger charge is -2.10. The Hall–Kier alpha value is -1.47. The summed E-state index contributed by atoms with van der Waals surface area (Å²) in [5.41, 5.74) is 0.668. The lowest BCUT2D eigenvalue weighted by molar-refractivity contribution is -0.137. The average molecular weight is 256 g/mol. The highest BCUT2D eigenvalue weighted by molar-refractivity contribution is 7.14. The monoisotopic (exact) mass is 256 g/mol. The van der Waals surface area contributed by atoms with Crippen LogP contribution in [-0.4, -0.2) is 39.7 Å². The number of rotatable bonds is 4. The number of carbonyl (C=O) groups is 2. The molecule has 2 N–H and O–H groups in total. The Kier molecular flexibility index (Phi) is 3.39. The van der Waals surface area contributed by atoms with Crippen molar-refractivity contribution in [3.05, 3.63) is 11.1 Å². The summed E-state index contributed by atoms with van der Waals surface area (Å²) < 4.78 is 0. The van der Waals surface area contributed by atoms with Crippen LogP contribution < -0.4 is 4.90 Å². The molecule has 1 aromatic rings. The number of amides is 1. The molecule has 1 saturated heterocycles. The predicted molar refractivity (Wildman–Crippen MR) is 61.0 cm³/mol. The quantitative estimate of drug-likeness (QED) is 0.806. The highest BCUT2D eigenvalue weighted by atomic mass is 32.1. The Labute approximate surface area is 102 Å². The van der Waals surface area contributed by atoms with Crippen molar-refractivity contribution >= 4 is 28.3 Å². The Morgan fingerprint density at radius 3 is 3.00 bits per heavy atom. The molecule has 1 aliphatic heterocycles. The van der Waals surface area contributed by atoms with E-state index >= 15 is 0 Å². The van der Waals surface area contributed by atoms with Gasteiger partial charge in [0.05, 0.1) is 31.2 Å². The number of thiazole rings is 1. The number of aliphatic hydroxyl groups excluding tert-OH is 1. The van der Waals surface area contributed by atoms with Gasteiger partial charge in [0.25, 0.3) is 0 Å². The summed E-state index contributed by atoms with van der Waals surface area (Å²) in [6.07, 6.45) is -0.117. The van der Waals surface area contributed by atoms with Gasteiger partial charge in [0.15, 0.2) is 5.13 Å². The fraction of sp³-hybridized carbons (Fsp3) is 0.500. The SMILES string of the molecule is O=C(O)CCc1csc(N2CC(O)CC2=O)n1. The molecule has 1 fully saturated rings. The first-order valence-corrected chi connectivity index (χ1v) is 6.09. The van der Waals surface area contributed by atoms with E-state index < -0.39 is 12.1 Å². The Balaban J connectivity index is 2.03. The molecular weight excluding hydrogens is 244 g/mol. The minimum Gasteiger partial charge on any atom is -0.481 e. The van der Waals surface area contributed by atoms with Crippen LogP contribution in [0.4, 0.5) is 5.13 Å². The molecule has 1 amide bonds. The maximum absolute atomic E-state index is 11.5. The molecule has 0 saturated carbocycles. The highest BCUT2D eigenvalue weighted by Gasteiger charge is 2.30.